The van der Waals surface area contributed by atoms with E-state index in [2.05, 4.69) is 74.5 Å². The Morgan fingerprint density at radius 3 is 2.34 bits per heavy atom. The number of carbonyl (C=O) groups is 5. The first-order valence-electron chi connectivity index (χ1n) is 22.1. The normalized spacial score (nSPS) is 21.8. The number of carbonyl (C=O) groups excluding carboxylic acids is 5. The van der Waals surface area contributed by atoms with Crippen LogP contribution < -0.4 is 25.8 Å². The largest absolute Gasteiger partial charge is 0.369 e. The van der Waals surface area contributed by atoms with Gasteiger partial charge < -0.3 is 25.0 Å². The lowest BCUT2D eigenvalue weighted by Crippen LogP contribution is -2.54. The number of pyridine rings is 1. The maximum atomic E-state index is 15.5. The van der Waals surface area contributed by atoms with Gasteiger partial charge in [-0.15, -0.1) is 0 Å². The van der Waals surface area contributed by atoms with Gasteiger partial charge in [0.05, 0.1) is 23.1 Å². The third kappa shape index (κ3) is 8.01. The molecule has 0 bridgehead atoms. The van der Waals surface area contributed by atoms with E-state index < -0.39 is 35.5 Å². The lowest BCUT2D eigenvalue weighted by atomic mass is 9.86. The van der Waals surface area contributed by atoms with Gasteiger partial charge in [0.2, 0.25) is 11.8 Å². The van der Waals surface area contributed by atoms with Gasteiger partial charge in [0.1, 0.15) is 23.9 Å². The molecule has 7 heterocycles. The fourth-order valence-electron chi connectivity index (χ4n) is 9.74. The summed E-state index contributed by atoms with van der Waals surface area (Å²) in [5.74, 6) is -2.07. The molecule has 2 aromatic carbocycles. The number of imidazole rings is 1. The van der Waals surface area contributed by atoms with E-state index in [0.717, 1.165) is 98.5 Å². The summed E-state index contributed by atoms with van der Waals surface area (Å²) in [5, 5.41) is 8.72. The van der Waals surface area contributed by atoms with Gasteiger partial charge in [-0.2, -0.15) is 0 Å². The van der Waals surface area contributed by atoms with Gasteiger partial charge in [-0.25, -0.2) is 24.3 Å². The Morgan fingerprint density at radius 2 is 1.61 bits per heavy atom. The first kappa shape index (κ1) is 41.2. The highest BCUT2D eigenvalue weighted by molar-refractivity contribution is 6.23. The summed E-state index contributed by atoms with van der Waals surface area (Å²) in [6.07, 6.45) is 7.82. The van der Waals surface area contributed by atoms with Crippen LogP contribution in [-0.4, -0.2) is 122 Å². The van der Waals surface area contributed by atoms with Crippen LogP contribution in [0.4, 0.5) is 27.3 Å². The van der Waals surface area contributed by atoms with Crippen LogP contribution >= 0.6 is 0 Å². The molecule has 1 aliphatic carbocycles. The van der Waals surface area contributed by atoms with Crippen molar-refractivity contribution >= 4 is 63.6 Å². The topological polar surface area (TPSA) is 191 Å². The van der Waals surface area contributed by atoms with Crippen molar-refractivity contribution in [3.05, 3.63) is 95.6 Å². The SMILES string of the molecule is Cc1cccc(C(=O)NC2CC(n3cnc4c(Nc5ccc(N6CCN(CCC7CCN(c8cc9c(cc8F)C(=O)N(C8CCC(=O)NC8=O)C9=O)CC7)CC6)cc5)ncnc43)C2)n1. The summed E-state index contributed by atoms with van der Waals surface area (Å²) in [6.45, 7) is 7.90. The van der Waals surface area contributed by atoms with Crippen molar-refractivity contribution in [2.45, 2.75) is 70.0 Å². The molecule has 3 aromatic heterocycles. The van der Waals surface area contributed by atoms with Crippen LogP contribution in [0.2, 0.25) is 0 Å². The Labute approximate surface area is 368 Å². The van der Waals surface area contributed by atoms with Crippen molar-refractivity contribution in [1.29, 1.82) is 0 Å². The van der Waals surface area contributed by atoms with Crippen molar-refractivity contribution in [2.75, 3.05) is 60.9 Å². The number of piperidine rings is 2. The number of imide groups is 2. The van der Waals surface area contributed by atoms with Crippen LogP contribution in [0, 0.1) is 18.7 Å². The van der Waals surface area contributed by atoms with Gasteiger partial charge in [0.15, 0.2) is 17.0 Å². The second kappa shape index (κ2) is 17.0. The number of nitrogens with zero attached hydrogens (tertiary/aromatic N) is 9. The number of rotatable bonds is 11. The van der Waals surface area contributed by atoms with Crippen LogP contribution in [0.5, 0.6) is 0 Å². The van der Waals surface area contributed by atoms with Crippen LogP contribution in [-0.2, 0) is 9.59 Å². The molecule has 10 rings (SSSR count). The molecule has 5 amide bonds. The Balaban J connectivity index is 0.670. The van der Waals surface area contributed by atoms with Gasteiger partial charge in [0.25, 0.3) is 17.7 Å². The van der Waals surface area contributed by atoms with E-state index in [0.29, 0.717) is 41.7 Å². The number of piperazine rings is 1. The van der Waals surface area contributed by atoms with E-state index in [1.807, 2.05) is 24.0 Å². The molecule has 17 nitrogen and oxygen atoms in total. The molecule has 64 heavy (non-hydrogen) atoms. The van der Waals surface area contributed by atoms with E-state index in [1.54, 1.807) is 18.7 Å². The van der Waals surface area contributed by atoms with Gasteiger partial charge >= 0.3 is 0 Å². The third-order valence-corrected chi connectivity index (χ3v) is 13.5. The zero-order valence-corrected chi connectivity index (χ0v) is 35.5. The van der Waals surface area contributed by atoms with E-state index in [1.165, 1.54) is 6.07 Å². The summed E-state index contributed by atoms with van der Waals surface area (Å²) in [7, 11) is 0. The molecule has 1 saturated carbocycles. The second-order valence-corrected chi connectivity index (χ2v) is 17.5. The Bertz CT molecular complexity index is 2650. The molecule has 1 atom stereocenters. The number of aryl methyl sites for hydroxylation is 1. The minimum absolute atomic E-state index is 0.0241. The lowest BCUT2D eigenvalue weighted by Gasteiger charge is -2.38. The smallest absolute Gasteiger partial charge is 0.270 e. The Kier molecular flexibility index (Phi) is 11.0. The first-order chi connectivity index (χ1) is 31.1. The van der Waals surface area contributed by atoms with Crippen molar-refractivity contribution in [3.63, 3.8) is 0 Å². The van der Waals surface area contributed by atoms with E-state index in [9.17, 15) is 24.0 Å². The fraction of sp³-hybridized carbons (Fsp3) is 0.413. The summed E-state index contributed by atoms with van der Waals surface area (Å²) < 4.78 is 17.5. The number of halogens is 1. The average Bonchev–Trinajstić information content (AvgIpc) is 3.82. The number of hydrogen-bond donors (Lipinski definition) is 3. The number of aromatic nitrogens is 5. The van der Waals surface area contributed by atoms with Crippen molar-refractivity contribution in [3.8, 4) is 0 Å². The molecular weight excluding hydrogens is 820 g/mol. The van der Waals surface area contributed by atoms with E-state index in [4.69, 9.17) is 0 Å². The third-order valence-electron chi connectivity index (χ3n) is 13.5. The maximum Gasteiger partial charge on any atom is 0.270 e. The van der Waals surface area contributed by atoms with Gasteiger partial charge in [-0.1, -0.05) is 6.07 Å². The standard InChI is InChI=1S/C46H49FN12O5/c1-27-3-2-4-36(51-27)43(61)53-30-21-32(22-30)58-26-50-40-41(48-25-49-42(40)58)52-29-5-7-31(8-6-29)56-19-17-55(18-20-56)14-11-28-12-15-57(16-13-28)38-24-34-33(23-35(38)47)45(63)59(46(34)64)37-9-10-39(60)54-44(37)62/h2-8,23-26,28,30,32,37H,9-22H2,1H3,(H,53,61)(H,48,49,52)(H,54,60,62). The number of fused-ring (bicyclic) bond motifs is 2. The van der Waals surface area contributed by atoms with E-state index >= 15 is 4.39 Å². The number of nitrogens with one attached hydrogen (secondary N) is 3. The molecule has 330 valence electrons. The average molecular weight is 869 g/mol. The molecule has 18 heteroatoms. The highest BCUT2D eigenvalue weighted by Gasteiger charge is 2.45. The van der Waals surface area contributed by atoms with Gasteiger partial charge in [0, 0.05) is 74.8 Å². The van der Waals surface area contributed by atoms with Crippen molar-refractivity contribution < 1.29 is 28.4 Å². The summed E-state index contributed by atoms with van der Waals surface area (Å²) in [6, 6.07) is 15.5. The molecule has 3 N–H and O–H groups in total. The minimum atomic E-state index is -1.09. The van der Waals surface area contributed by atoms with E-state index in [-0.39, 0.29) is 42.0 Å². The second-order valence-electron chi connectivity index (χ2n) is 17.5. The molecule has 5 aliphatic rings. The van der Waals surface area contributed by atoms with Gasteiger partial charge in [-0.05, 0) is 106 Å². The predicted octanol–water partition coefficient (Wildman–Crippen LogP) is 4.38. The molecule has 5 aromatic rings. The molecule has 0 radical (unpaired) electrons. The van der Waals surface area contributed by atoms with Crippen molar-refractivity contribution in [2.24, 2.45) is 5.92 Å². The first-order valence-corrected chi connectivity index (χ1v) is 22.1. The number of benzene rings is 2. The quantitative estimate of drug-likeness (QED) is 0.159. The Morgan fingerprint density at radius 1 is 0.859 bits per heavy atom. The fourth-order valence-corrected chi connectivity index (χ4v) is 9.74. The molecule has 4 aliphatic heterocycles. The molecule has 4 fully saturated rings. The molecule has 0 spiro atoms. The molecule has 3 saturated heterocycles. The molecular formula is C46H49FN12O5. The number of hydrogen-bond acceptors (Lipinski definition) is 13. The number of anilines is 4. The summed E-state index contributed by atoms with van der Waals surface area (Å²) in [4.78, 5) is 89.0. The van der Waals surface area contributed by atoms with Gasteiger partial charge in [-0.3, -0.25) is 39.1 Å². The highest BCUT2D eigenvalue weighted by Crippen LogP contribution is 2.37. The van der Waals surface area contributed by atoms with Crippen LogP contribution in [0.15, 0.2) is 67.3 Å². The highest BCUT2D eigenvalue weighted by atomic mass is 19.1. The lowest BCUT2D eigenvalue weighted by molar-refractivity contribution is -0.136. The minimum Gasteiger partial charge on any atom is -0.369 e. The van der Waals surface area contributed by atoms with Crippen molar-refractivity contribution in [1.82, 2.24) is 44.9 Å². The van der Waals surface area contributed by atoms with Crippen LogP contribution in [0.3, 0.4) is 0 Å². The van der Waals surface area contributed by atoms with Crippen LogP contribution in [0.1, 0.15) is 87.9 Å². The maximum absolute atomic E-state index is 15.5. The summed E-state index contributed by atoms with van der Waals surface area (Å²) in [5.41, 5.74) is 5.07. The molecule has 1 unspecified atom stereocenters. The predicted molar refractivity (Wildman–Crippen MR) is 235 cm³/mol. The number of amides is 5. The zero-order valence-electron chi connectivity index (χ0n) is 35.5. The zero-order chi connectivity index (χ0) is 44.1. The van der Waals surface area contributed by atoms with Crippen LogP contribution in [0.25, 0.3) is 11.2 Å². The summed E-state index contributed by atoms with van der Waals surface area (Å²) >= 11 is 0. The Hall–Kier alpha value is -6.82. The monoisotopic (exact) mass is 868 g/mol.